The van der Waals surface area contributed by atoms with E-state index in [-0.39, 0.29) is 17.3 Å². The molecule has 1 fully saturated rings. The highest BCUT2D eigenvalue weighted by atomic mass is 16.5. The van der Waals surface area contributed by atoms with Crippen molar-refractivity contribution in [3.8, 4) is 23.0 Å². The van der Waals surface area contributed by atoms with Crippen molar-refractivity contribution < 1.29 is 24.5 Å². The number of ether oxygens (including phenoxy) is 2. The van der Waals surface area contributed by atoms with E-state index < -0.39 is 0 Å². The van der Waals surface area contributed by atoms with Crippen molar-refractivity contribution in [3.05, 3.63) is 58.7 Å². The number of carbonyl (C=O) groups excluding carboxylic acids is 1. The van der Waals surface area contributed by atoms with E-state index in [2.05, 4.69) is 11.8 Å². The van der Waals surface area contributed by atoms with Crippen LogP contribution in [0.15, 0.2) is 47.5 Å². The summed E-state index contributed by atoms with van der Waals surface area (Å²) in [5.41, 5.74) is 2.94. The Balaban J connectivity index is 1.98. The number of likely N-dealkylation sites (tertiary alicyclic amines) is 1. The van der Waals surface area contributed by atoms with Gasteiger partial charge in [-0.2, -0.15) is 0 Å². The molecule has 0 atom stereocenters. The number of nitrogens with zero attached hydrogens (tertiary/aromatic N) is 1. The number of ketones is 1. The van der Waals surface area contributed by atoms with Gasteiger partial charge in [0, 0.05) is 24.2 Å². The fourth-order valence-electron chi connectivity index (χ4n) is 3.55. The van der Waals surface area contributed by atoms with Crippen molar-refractivity contribution in [2.24, 2.45) is 0 Å². The average Bonchev–Trinajstić information content (AvgIpc) is 2.74. The number of hydrogen-bond donors (Lipinski definition) is 2. The monoisotopic (exact) mass is 409 g/mol. The van der Waals surface area contributed by atoms with Crippen LogP contribution in [0.3, 0.4) is 0 Å². The third kappa shape index (κ3) is 4.83. The summed E-state index contributed by atoms with van der Waals surface area (Å²) in [5.74, 6) is 0.838. The molecule has 1 saturated heterocycles. The van der Waals surface area contributed by atoms with Crippen molar-refractivity contribution >= 4 is 17.9 Å². The second-order valence-electron chi connectivity index (χ2n) is 7.24. The molecule has 0 aliphatic carbocycles. The van der Waals surface area contributed by atoms with Gasteiger partial charge in [-0.25, -0.2) is 0 Å². The summed E-state index contributed by atoms with van der Waals surface area (Å²) >= 11 is 0. The largest absolute Gasteiger partial charge is 0.504 e. The molecular formula is C24H27NO5. The number of carbonyl (C=O) groups is 1. The highest BCUT2D eigenvalue weighted by molar-refractivity contribution is 6.14. The van der Waals surface area contributed by atoms with Gasteiger partial charge in [-0.1, -0.05) is 19.1 Å². The van der Waals surface area contributed by atoms with E-state index in [9.17, 15) is 15.0 Å². The number of piperidine rings is 1. The summed E-state index contributed by atoms with van der Waals surface area (Å²) < 4.78 is 10.3. The first kappa shape index (κ1) is 21.5. The van der Waals surface area contributed by atoms with Crippen LogP contribution in [0.2, 0.25) is 0 Å². The van der Waals surface area contributed by atoms with Crippen LogP contribution in [0.4, 0.5) is 0 Å². The Kier molecular flexibility index (Phi) is 6.79. The zero-order valence-electron chi connectivity index (χ0n) is 17.5. The van der Waals surface area contributed by atoms with E-state index in [1.165, 1.54) is 14.2 Å². The first-order valence-electron chi connectivity index (χ1n) is 9.87. The van der Waals surface area contributed by atoms with Crippen molar-refractivity contribution in [2.75, 3.05) is 33.9 Å². The minimum atomic E-state index is -0.0126. The normalized spacial score (nSPS) is 17.5. The number of Topliss-reactive ketones (excluding diaryl/α,β-unsaturated/α-hetero) is 1. The number of phenols is 2. The van der Waals surface area contributed by atoms with Crippen LogP contribution >= 0.6 is 0 Å². The van der Waals surface area contributed by atoms with Crippen LogP contribution in [-0.2, 0) is 4.79 Å². The van der Waals surface area contributed by atoms with E-state index >= 15 is 0 Å². The number of hydrogen-bond acceptors (Lipinski definition) is 6. The van der Waals surface area contributed by atoms with Gasteiger partial charge in [0.15, 0.2) is 28.8 Å². The Morgan fingerprint density at radius 2 is 1.37 bits per heavy atom. The molecule has 3 rings (SSSR count). The van der Waals surface area contributed by atoms with Crippen LogP contribution in [-0.4, -0.2) is 54.8 Å². The predicted molar refractivity (Wildman–Crippen MR) is 117 cm³/mol. The fraction of sp³-hybridized carbons (Fsp3) is 0.292. The molecule has 1 heterocycles. The van der Waals surface area contributed by atoms with Gasteiger partial charge in [0.2, 0.25) is 0 Å². The van der Waals surface area contributed by atoms with E-state index in [0.717, 1.165) is 24.1 Å². The van der Waals surface area contributed by atoms with E-state index in [0.29, 0.717) is 35.7 Å². The standard InChI is InChI=1S/C24H27NO5/c1-4-9-25-14-18(10-16-5-7-20(26)22(12-16)29-2)24(28)19(15-25)11-17-6-8-21(27)23(13-17)30-3/h5-8,10-13,26-27H,4,9,14-15H2,1-3H3/b18-10+,19-11+. The number of aromatic hydroxyl groups is 2. The highest BCUT2D eigenvalue weighted by Crippen LogP contribution is 2.30. The lowest BCUT2D eigenvalue weighted by Crippen LogP contribution is -2.38. The molecule has 0 bridgehead atoms. The third-order valence-electron chi connectivity index (χ3n) is 5.00. The lowest BCUT2D eigenvalue weighted by molar-refractivity contribution is -0.113. The molecule has 2 aromatic carbocycles. The summed E-state index contributed by atoms with van der Waals surface area (Å²) in [4.78, 5) is 15.4. The summed E-state index contributed by atoms with van der Waals surface area (Å²) in [6.45, 7) is 4.11. The molecule has 1 aliphatic rings. The minimum Gasteiger partial charge on any atom is -0.504 e. The van der Waals surface area contributed by atoms with Crippen LogP contribution in [0.25, 0.3) is 12.2 Å². The molecule has 0 spiro atoms. The summed E-state index contributed by atoms with van der Waals surface area (Å²) in [7, 11) is 2.99. The average molecular weight is 409 g/mol. The molecule has 2 N–H and O–H groups in total. The molecule has 2 aromatic rings. The summed E-state index contributed by atoms with van der Waals surface area (Å²) in [6.07, 6.45) is 4.67. The Labute approximate surface area is 176 Å². The van der Waals surface area contributed by atoms with Crippen LogP contribution < -0.4 is 9.47 Å². The number of rotatable bonds is 6. The minimum absolute atomic E-state index is 0.0126. The Hall–Kier alpha value is -3.25. The molecule has 6 nitrogen and oxygen atoms in total. The highest BCUT2D eigenvalue weighted by Gasteiger charge is 2.25. The molecule has 6 heteroatoms. The van der Waals surface area contributed by atoms with E-state index in [1.807, 2.05) is 12.2 Å². The van der Waals surface area contributed by atoms with E-state index in [1.54, 1.807) is 36.4 Å². The van der Waals surface area contributed by atoms with Crippen molar-refractivity contribution in [3.63, 3.8) is 0 Å². The van der Waals surface area contributed by atoms with Gasteiger partial charge in [0.1, 0.15) is 0 Å². The second kappa shape index (κ2) is 9.50. The SMILES string of the molecule is CCCN1C/C(=C\c2ccc(O)c(OC)c2)C(=O)/C(=C/c2ccc(O)c(OC)c2)C1. The predicted octanol–water partition coefficient (Wildman–Crippen LogP) is 3.88. The van der Waals surface area contributed by atoms with Crippen LogP contribution in [0.5, 0.6) is 23.0 Å². The molecule has 0 unspecified atom stereocenters. The Morgan fingerprint density at radius 1 is 0.900 bits per heavy atom. The lowest BCUT2D eigenvalue weighted by atomic mass is 9.94. The Bertz CT molecular complexity index is 918. The molecule has 0 radical (unpaired) electrons. The van der Waals surface area contributed by atoms with Gasteiger partial charge in [-0.15, -0.1) is 0 Å². The smallest absolute Gasteiger partial charge is 0.187 e. The second-order valence-corrected chi connectivity index (χ2v) is 7.24. The fourth-order valence-corrected chi connectivity index (χ4v) is 3.55. The molecule has 30 heavy (non-hydrogen) atoms. The number of benzene rings is 2. The Morgan fingerprint density at radius 3 is 1.77 bits per heavy atom. The topological polar surface area (TPSA) is 79.2 Å². The maximum Gasteiger partial charge on any atom is 0.187 e. The molecule has 0 aromatic heterocycles. The quantitative estimate of drug-likeness (QED) is 0.705. The maximum absolute atomic E-state index is 13.2. The first-order valence-corrected chi connectivity index (χ1v) is 9.87. The van der Waals surface area contributed by atoms with Gasteiger partial charge >= 0.3 is 0 Å². The third-order valence-corrected chi connectivity index (χ3v) is 5.00. The number of phenolic OH excluding ortho intramolecular Hbond substituents is 2. The molecule has 1 aliphatic heterocycles. The van der Waals surface area contributed by atoms with Gasteiger partial charge in [0.25, 0.3) is 0 Å². The maximum atomic E-state index is 13.2. The summed E-state index contributed by atoms with van der Waals surface area (Å²) in [5, 5.41) is 19.6. The molecule has 158 valence electrons. The first-order chi connectivity index (χ1) is 14.4. The van der Waals surface area contributed by atoms with Gasteiger partial charge in [0.05, 0.1) is 14.2 Å². The molecule has 0 saturated carbocycles. The van der Waals surface area contributed by atoms with Crippen LogP contribution in [0.1, 0.15) is 24.5 Å². The van der Waals surface area contributed by atoms with Crippen molar-refractivity contribution in [1.82, 2.24) is 4.90 Å². The summed E-state index contributed by atoms with van der Waals surface area (Å²) in [6, 6.07) is 10.0. The molecule has 0 amide bonds. The van der Waals surface area contributed by atoms with Crippen molar-refractivity contribution in [1.29, 1.82) is 0 Å². The zero-order valence-corrected chi connectivity index (χ0v) is 17.5. The van der Waals surface area contributed by atoms with Gasteiger partial charge in [-0.05, 0) is 60.5 Å². The zero-order chi connectivity index (χ0) is 21.7. The number of methoxy groups -OCH3 is 2. The van der Waals surface area contributed by atoms with Crippen molar-refractivity contribution in [2.45, 2.75) is 13.3 Å². The van der Waals surface area contributed by atoms with E-state index in [4.69, 9.17) is 9.47 Å². The van der Waals surface area contributed by atoms with Crippen LogP contribution in [0, 0.1) is 0 Å². The van der Waals surface area contributed by atoms with Gasteiger partial charge in [-0.3, -0.25) is 9.69 Å². The van der Waals surface area contributed by atoms with Gasteiger partial charge < -0.3 is 19.7 Å². The lowest BCUT2D eigenvalue weighted by Gasteiger charge is -2.29. The molecular weight excluding hydrogens is 382 g/mol.